The fourth-order valence-corrected chi connectivity index (χ4v) is 3.08. The average molecular weight is 273 g/mol. The molecule has 0 radical (unpaired) electrons. The molecule has 1 unspecified atom stereocenters. The summed E-state index contributed by atoms with van der Waals surface area (Å²) in [5.41, 5.74) is 0. The highest BCUT2D eigenvalue weighted by Gasteiger charge is 2.12. The normalized spacial score (nSPS) is 11.8. The summed E-state index contributed by atoms with van der Waals surface area (Å²) >= 11 is 6.76. The third-order valence-electron chi connectivity index (χ3n) is 2.48. The lowest BCUT2D eigenvalue weighted by Gasteiger charge is -2.15. The number of ether oxygens (including phenoxy) is 1. The molecule has 98 valence electrons. The van der Waals surface area contributed by atoms with Crippen molar-refractivity contribution in [1.29, 1.82) is 5.26 Å². The van der Waals surface area contributed by atoms with Crippen LogP contribution in [0.2, 0.25) is 0 Å². The highest BCUT2D eigenvalue weighted by atomic mass is 32.2. The number of unbranched alkanes of at least 4 members (excludes halogenated alkanes) is 3. The van der Waals surface area contributed by atoms with Gasteiger partial charge in [0.2, 0.25) is 4.38 Å². The van der Waals surface area contributed by atoms with E-state index in [1.165, 1.54) is 25.7 Å². The van der Waals surface area contributed by atoms with Crippen molar-refractivity contribution >= 4 is 28.4 Å². The second-order valence-corrected chi connectivity index (χ2v) is 5.87. The molecule has 0 spiro atoms. The molecule has 0 N–H and O–H groups in total. The van der Waals surface area contributed by atoms with Crippen molar-refractivity contribution < 1.29 is 4.74 Å². The number of hydrogen-bond donors (Lipinski definition) is 0. The minimum absolute atomic E-state index is 0.450. The maximum atomic E-state index is 8.64. The highest BCUT2D eigenvalue weighted by molar-refractivity contribution is 8.23. The number of nitrogens with zero attached hydrogens (tertiary/aromatic N) is 1. The van der Waals surface area contributed by atoms with Crippen LogP contribution >= 0.6 is 24.0 Å². The van der Waals surface area contributed by atoms with Crippen molar-refractivity contribution in [1.82, 2.24) is 0 Å². The SMILES string of the molecule is CCCCCCC(CCC#N)SC(=S)OCC. The van der Waals surface area contributed by atoms with Crippen LogP contribution < -0.4 is 0 Å². The van der Waals surface area contributed by atoms with Gasteiger partial charge in [0.05, 0.1) is 12.7 Å². The van der Waals surface area contributed by atoms with Gasteiger partial charge in [-0.15, -0.1) is 0 Å². The van der Waals surface area contributed by atoms with E-state index < -0.39 is 0 Å². The lowest BCUT2D eigenvalue weighted by atomic mass is 10.1. The molecule has 0 fully saturated rings. The Morgan fingerprint density at radius 3 is 2.65 bits per heavy atom. The monoisotopic (exact) mass is 273 g/mol. The van der Waals surface area contributed by atoms with Crippen LogP contribution in [0.4, 0.5) is 0 Å². The van der Waals surface area contributed by atoms with Gasteiger partial charge in [-0.3, -0.25) is 0 Å². The minimum Gasteiger partial charge on any atom is -0.479 e. The van der Waals surface area contributed by atoms with Crippen molar-refractivity contribution in [3.63, 3.8) is 0 Å². The van der Waals surface area contributed by atoms with E-state index in [9.17, 15) is 0 Å². The molecule has 0 aliphatic heterocycles. The molecule has 0 bridgehead atoms. The Hall–Kier alpha value is -0.270. The molecule has 0 amide bonds. The molecule has 0 saturated carbocycles. The average Bonchev–Trinajstić information content (AvgIpc) is 2.31. The molecule has 0 aromatic carbocycles. The topological polar surface area (TPSA) is 33.0 Å². The van der Waals surface area contributed by atoms with Gasteiger partial charge in [-0.25, -0.2) is 0 Å². The van der Waals surface area contributed by atoms with Crippen LogP contribution in [0.1, 0.15) is 58.8 Å². The van der Waals surface area contributed by atoms with Crippen molar-refractivity contribution in [2.45, 2.75) is 64.0 Å². The molecule has 17 heavy (non-hydrogen) atoms. The Labute approximate surface area is 115 Å². The smallest absolute Gasteiger partial charge is 0.220 e. The maximum Gasteiger partial charge on any atom is 0.220 e. The Kier molecular flexibility index (Phi) is 12.0. The standard InChI is InChI=1S/C13H23NOS2/c1-3-5-6-7-9-12(10-8-11-14)17-13(16)15-4-2/h12H,3-10H2,1-2H3. The van der Waals surface area contributed by atoms with E-state index in [0.717, 1.165) is 12.8 Å². The van der Waals surface area contributed by atoms with Gasteiger partial charge in [-0.05, 0) is 32.0 Å². The zero-order valence-corrected chi connectivity index (χ0v) is 12.5. The van der Waals surface area contributed by atoms with Gasteiger partial charge >= 0.3 is 0 Å². The van der Waals surface area contributed by atoms with Gasteiger partial charge in [0, 0.05) is 11.7 Å². The number of thiocarbonyl (C=S) groups is 1. The number of nitriles is 1. The molecular formula is C13H23NOS2. The molecule has 1 atom stereocenters. The number of thioether (sulfide) groups is 1. The van der Waals surface area contributed by atoms with Crippen LogP contribution in [-0.2, 0) is 4.74 Å². The van der Waals surface area contributed by atoms with E-state index in [2.05, 4.69) is 13.0 Å². The van der Waals surface area contributed by atoms with E-state index >= 15 is 0 Å². The summed E-state index contributed by atoms with van der Waals surface area (Å²) < 4.78 is 5.92. The molecule has 0 heterocycles. The number of hydrogen-bond acceptors (Lipinski definition) is 4. The molecule has 2 nitrogen and oxygen atoms in total. The Bertz CT molecular complexity index is 238. The van der Waals surface area contributed by atoms with Gasteiger partial charge in [0.25, 0.3) is 0 Å². The van der Waals surface area contributed by atoms with Crippen molar-refractivity contribution in [3.8, 4) is 6.07 Å². The van der Waals surface area contributed by atoms with Crippen LogP contribution in [0.25, 0.3) is 0 Å². The molecule has 0 aromatic rings. The van der Waals surface area contributed by atoms with E-state index in [-0.39, 0.29) is 0 Å². The first-order chi connectivity index (χ1) is 8.24. The third-order valence-corrected chi connectivity index (χ3v) is 4.00. The van der Waals surface area contributed by atoms with E-state index in [0.29, 0.717) is 22.7 Å². The van der Waals surface area contributed by atoms with E-state index in [1.54, 1.807) is 11.8 Å². The summed E-state index contributed by atoms with van der Waals surface area (Å²) in [7, 11) is 0. The summed E-state index contributed by atoms with van der Waals surface area (Å²) in [4.78, 5) is 0. The molecule has 4 heteroatoms. The Morgan fingerprint density at radius 2 is 2.06 bits per heavy atom. The Morgan fingerprint density at radius 1 is 1.29 bits per heavy atom. The van der Waals surface area contributed by atoms with E-state index in [1.807, 2.05) is 6.92 Å². The van der Waals surface area contributed by atoms with Gasteiger partial charge in [0.1, 0.15) is 0 Å². The van der Waals surface area contributed by atoms with Crippen molar-refractivity contribution in [2.24, 2.45) is 0 Å². The lowest BCUT2D eigenvalue weighted by Crippen LogP contribution is -2.08. The predicted octanol–water partition coefficient (Wildman–Crippen LogP) is 4.68. The lowest BCUT2D eigenvalue weighted by molar-refractivity contribution is 0.346. The molecule has 0 aliphatic rings. The molecule has 0 aliphatic carbocycles. The molecule has 0 aromatic heterocycles. The molecular weight excluding hydrogens is 250 g/mol. The fourth-order valence-electron chi connectivity index (χ4n) is 1.57. The quantitative estimate of drug-likeness (QED) is 0.451. The summed E-state index contributed by atoms with van der Waals surface area (Å²) in [5, 5.41) is 9.09. The van der Waals surface area contributed by atoms with E-state index in [4.69, 9.17) is 22.2 Å². The zero-order valence-electron chi connectivity index (χ0n) is 10.9. The largest absolute Gasteiger partial charge is 0.479 e. The molecule has 0 saturated heterocycles. The first kappa shape index (κ1) is 16.7. The predicted molar refractivity (Wildman–Crippen MR) is 79.2 cm³/mol. The minimum atomic E-state index is 0.450. The van der Waals surface area contributed by atoms with Gasteiger partial charge < -0.3 is 4.74 Å². The summed E-state index contributed by atoms with van der Waals surface area (Å²) in [6.45, 7) is 4.79. The van der Waals surface area contributed by atoms with Crippen LogP contribution in [0.3, 0.4) is 0 Å². The van der Waals surface area contributed by atoms with Crippen LogP contribution in [0.15, 0.2) is 0 Å². The maximum absolute atomic E-state index is 8.64. The van der Waals surface area contributed by atoms with Crippen LogP contribution in [-0.4, -0.2) is 16.2 Å². The summed E-state index contributed by atoms with van der Waals surface area (Å²) in [6, 6.07) is 2.21. The van der Waals surface area contributed by atoms with Gasteiger partial charge in [0.15, 0.2) is 0 Å². The second kappa shape index (κ2) is 12.2. The zero-order chi connectivity index (χ0) is 12.9. The molecule has 0 rings (SSSR count). The second-order valence-electron chi connectivity index (χ2n) is 3.97. The first-order valence-electron chi connectivity index (χ1n) is 6.44. The third kappa shape index (κ3) is 10.6. The van der Waals surface area contributed by atoms with Gasteiger partial charge in [-0.1, -0.05) is 44.4 Å². The van der Waals surface area contributed by atoms with Crippen LogP contribution in [0.5, 0.6) is 0 Å². The summed E-state index contributed by atoms with van der Waals surface area (Å²) in [6.07, 6.45) is 7.73. The van der Waals surface area contributed by atoms with Crippen LogP contribution in [0, 0.1) is 11.3 Å². The van der Waals surface area contributed by atoms with Crippen molar-refractivity contribution in [2.75, 3.05) is 6.61 Å². The van der Waals surface area contributed by atoms with Gasteiger partial charge in [-0.2, -0.15) is 5.26 Å². The van der Waals surface area contributed by atoms with Crippen molar-refractivity contribution in [3.05, 3.63) is 0 Å². The Balaban J connectivity index is 3.87. The fraction of sp³-hybridized carbons (Fsp3) is 0.846. The summed E-state index contributed by atoms with van der Waals surface area (Å²) in [5.74, 6) is 0. The number of rotatable bonds is 9. The first-order valence-corrected chi connectivity index (χ1v) is 7.73. The highest BCUT2D eigenvalue weighted by Crippen LogP contribution is 2.24.